The van der Waals surface area contributed by atoms with Crippen molar-refractivity contribution in [2.24, 2.45) is 0 Å². The van der Waals surface area contributed by atoms with Crippen LogP contribution in [0.2, 0.25) is 0 Å². The van der Waals surface area contributed by atoms with Crippen LogP contribution in [0.15, 0.2) is 12.1 Å². The number of anilines is 1. The van der Waals surface area contributed by atoms with Crippen LogP contribution in [0.5, 0.6) is 0 Å². The van der Waals surface area contributed by atoms with Gasteiger partial charge >= 0.3 is 0 Å². The Morgan fingerprint density at radius 2 is 2.14 bits per heavy atom. The fourth-order valence-corrected chi connectivity index (χ4v) is 3.34. The average molecular weight is 314 g/mol. The second-order valence-electron chi connectivity index (χ2n) is 5.18. The molecule has 2 heterocycles. The zero-order valence-corrected chi connectivity index (χ0v) is 13.6. The molecule has 118 valence electrons. The molecule has 1 aromatic rings. The number of ether oxygens (including phenoxy) is 1. The van der Waals surface area contributed by atoms with E-state index < -0.39 is 10.2 Å². The van der Waals surface area contributed by atoms with Gasteiger partial charge in [-0.05, 0) is 19.1 Å². The first kappa shape index (κ1) is 16.2. The van der Waals surface area contributed by atoms with Crippen LogP contribution >= 0.6 is 0 Å². The molecule has 1 fully saturated rings. The number of rotatable bonds is 4. The van der Waals surface area contributed by atoms with Crippen LogP contribution in [0.4, 0.5) is 5.69 Å². The van der Waals surface area contributed by atoms with Crippen molar-refractivity contribution in [3.8, 4) is 0 Å². The number of pyridine rings is 1. The first-order chi connectivity index (χ1) is 9.84. The second-order valence-corrected chi connectivity index (χ2v) is 7.32. The van der Waals surface area contributed by atoms with Crippen LogP contribution < -0.4 is 5.32 Å². The van der Waals surface area contributed by atoms with Crippen molar-refractivity contribution in [3.05, 3.63) is 23.5 Å². The van der Waals surface area contributed by atoms with Crippen LogP contribution in [0.3, 0.4) is 0 Å². The zero-order chi connectivity index (χ0) is 15.6. The van der Waals surface area contributed by atoms with Gasteiger partial charge in [0.25, 0.3) is 10.2 Å². The SMILES string of the molecule is CNc1cc(C)nc([C@H]2CN(S(=O)(=O)N(C)C)CCO2)c1. The molecule has 1 atom stereocenters. The molecule has 1 saturated heterocycles. The van der Waals surface area contributed by atoms with Crippen LogP contribution in [0.1, 0.15) is 17.5 Å². The van der Waals surface area contributed by atoms with E-state index in [0.29, 0.717) is 13.2 Å². The van der Waals surface area contributed by atoms with Crippen molar-refractivity contribution < 1.29 is 13.2 Å². The van der Waals surface area contributed by atoms with Gasteiger partial charge in [-0.3, -0.25) is 4.98 Å². The molecule has 1 aliphatic rings. The number of aryl methyl sites for hydroxylation is 1. The summed E-state index contributed by atoms with van der Waals surface area (Å²) >= 11 is 0. The van der Waals surface area contributed by atoms with E-state index in [0.717, 1.165) is 17.1 Å². The van der Waals surface area contributed by atoms with E-state index in [-0.39, 0.29) is 12.6 Å². The predicted molar refractivity (Wildman–Crippen MR) is 81.4 cm³/mol. The number of morpholine rings is 1. The standard InChI is InChI=1S/C13H22N4O3S/c1-10-7-11(14-2)8-12(15-10)13-9-17(5-6-20-13)21(18,19)16(3)4/h7-8,13H,5-6,9H2,1-4H3,(H,14,15)/t13-/m1/s1. The van der Waals surface area contributed by atoms with Gasteiger partial charge in [0, 0.05) is 45.6 Å². The van der Waals surface area contributed by atoms with Crippen LogP contribution in [0, 0.1) is 6.92 Å². The minimum Gasteiger partial charge on any atom is -0.388 e. The summed E-state index contributed by atoms with van der Waals surface area (Å²) in [6.45, 7) is 2.91. The lowest BCUT2D eigenvalue weighted by molar-refractivity contribution is -0.00626. The van der Waals surface area contributed by atoms with Gasteiger partial charge < -0.3 is 10.1 Å². The highest BCUT2D eigenvalue weighted by molar-refractivity contribution is 7.86. The van der Waals surface area contributed by atoms with Gasteiger partial charge in [0.1, 0.15) is 6.10 Å². The Morgan fingerprint density at radius 3 is 2.76 bits per heavy atom. The normalized spacial score (nSPS) is 20.7. The molecule has 0 saturated carbocycles. The molecular formula is C13H22N4O3S. The third-order valence-corrected chi connectivity index (χ3v) is 5.32. The lowest BCUT2D eigenvalue weighted by Crippen LogP contribution is -2.47. The maximum absolute atomic E-state index is 12.2. The highest BCUT2D eigenvalue weighted by Crippen LogP contribution is 2.25. The zero-order valence-electron chi connectivity index (χ0n) is 12.8. The van der Waals surface area contributed by atoms with E-state index in [1.54, 1.807) is 0 Å². The van der Waals surface area contributed by atoms with E-state index in [4.69, 9.17) is 4.74 Å². The maximum atomic E-state index is 12.2. The van der Waals surface area contributed by atoms with Gasteiger partial charge in [-0.1, -0.05) is 0 Å². The molecule has 0 bridgehead atoms. The summed E-state index contributed by atoms with van der Waals surface area (Å²) < 4.78 is 32.8. The fraction of sp³-hybridized carbons (Fsp3) is 0.615. The van der Waals surface area contributed by atoms with Crippen molar-refractivity contribution in [2.75, 3.05) is 46.2 Å². The van der Waals surface area contributed by atoms with Crippen LogP contribution in [-0.4, -0.2) is 62.9 Å². The maximum Gasteiger partial charge on any atom is 0.281 e. The summed E-state index contributed by atoms with van der Waals surface area (Å²) in [6, 6.07) is 3.82. The smallest absolute Gasteiger partial charge is 0.281 e. The highest BCUT2D eigenvalue weighted by Gasteiger charge is 2.32. The topological polar surface area (TPSA) is 74.8 Å². The third-order valence-electron chi connectivity index (χ3n) is 3.41. The van der Waals surface area contributed by atoms with Crippen LogP contribution in [-0.2, 0) is 14.9 Å². The summed E-state index contributed by atoms with van der Waals surface area (Å²) in [7, 11) is 1.48. The highest BCUT2D eigenvalue weighted by atomic mass is 32.2. The van der Waals surface area contributed by atoms with Gasteiger partial charge in [-0.2, -0.15) is 17.0 Å². The minimum absolute atomic E-state index is 0.278. The van der Waals surface area contributed by atoms with Crippen molar-refractivity contribution in [2.45, 2.75) is 13.0 Å². The number of hydrogen-bond donors (Lipinski definition) is 1. The van der Waals surface area contributed by atoms with E-state index in [9.17, 15) is 8.42 Å². The van der Waals surface area contributed by atoms with E-state index >= 15 is 0 Å². The lowest BCUT2D eigenvalue weighted by atomic mass is 10.1. The quantitative estimate of drug-likeness (QED) is 0.881. The molecule has 8 heteroatoms. The minimum atomic E-state index is -3.42. The van der Waals surface area contributed by atoms with Crippen LogP contribution in [0.25, 0.3) is 0 Å². The van der Waals surface area contributed by atoms with Gasteiger partial charge in [0.15, 0.2) is 0 Å². The molecule has 0 unspecified atom stereocenters. The Kier molecular flexibility index (Phi) is 4.82. The molecule has 0 aliphatic carbocycles. The van der Waals surface area contributed by atoms with Crippen molar-refractivity contribution in [1.82, 2.24) is 13.6 Å². The first-order valence-corrected chi connectivity index (χ1v) is 8.20. The molecule has 0 aromatic carbocycles. The van der Waals surface area contributed by atoms with Gasteiger partial charge in [-0.15, -0.1) is 0 Å². The monoisotopic (exact) mass is 314 g/mol. The van der Waals surface area contributed by atoms with Gasteiger partial charge in [0.2, 0.25) is 0 Å². The van der Waals surface area contributed by atoms with E-state index in [1.165, 1.54) is 22.7 Å². The number of nitrogens with one attached hydrogen (secondary N) is 1. The Labute approximate surface area is 126 Å². The molecule has 1 aliphatic heterocycles. The molecule has 7 nitrogen and oxygen atoms in total. The van der Waals surface area contributed by atoms with Crippen molar-refractivity contribution in [1.29, 1.82) is 0 Å². The molecular weight excluding hydrogens is 292 g/mol. The largest absolute Gasteiger partial charge is 0.388 e. The molecule has 1 N–H and O–H groups in total. The van der Waals surface area contributed by atoms with E-state index in [2.05, 4.69) is 10.3 Å². The summed E-state index contributed by atoms with van der Waals surface area (Å²) in [5, 5.41) is 3.07. The third kappa shape index (κ3) is 3.52. The summed E-state index contributed by atoms with van der Waals surface area (Å²) in [4.78, 5) is 4.47. The number of hydrogen-bond acceptors (Lipinski definition) is 5. The Hall–Kier alpha value is -1.22. The summed E-state index contributed by atoms with van der Waals surface area (Å²) in [6.07, 6.45) is -0.347. The Bertz CT molecular complexity index is 603. The number of nitrogens with zero attached hydrogens (tertiary/aromatic N) is 3. The van der Waals surface area contributed by atoms with Gasteiger partial charge in [-0.25, -0.2) is 0 Å². The van der Waals surface area contributed by atoms with Crippen molar-refractivity contribution in [3.63, 3.8) is 0 Å². The average Bonchev–Trinajstić information content (AvgIpc) is 2.46. The predicted octanol–water partition coefficient (Wildman–Crippen LogP) is 0.611. The second kappa shape index (κ2) is 6.27. The molecule has 0 radical (unpaired) electrons. The number of aromatic nitrogens is 1. The summed E-state index contributed by atoms with van der Waals surface area (Å²) in [5.41, 5.74) is 2.56. The Morgan fingerprint density at radius 1 is 1.43 bits per heavy atom. The summed E-state index contributed by atoms with van der Waals surface area (Å²) in [5.74, 6) is 0. The molecule has 0 amide bonds. The Balaban J connectivity index is 2.24. The van der Waals surface area contributed by atoms with E-state index in [1.807, 2.05) is 26.1 Å². The lowest BCUT2D eigenvalue weighted by Gasteiger charge is -2.33. The molecule has 2 rings (SSSR count). The van der Waals surface area contributed by atoms with Crippen molar-refractivity contribution >= 4 is 15.9 Å². The van der Waals surface area contributed by atoms with Gasteiger partial charge in [0.05, 0.1) is 12.3 Å². The fourth-order valence-electron chi connectivity index (χ4n) is 2.25. The first-order valence-electron chi connectivity index (χ1n) is 6.80. The molecule has 1 aromatic heterocycles. The molecule has 0 spiro atoms. The molecule has 21 heavy (non-hydrogen) atoms.